The molecule has 1 spiro atoms. The number of likely N-dealkylation sites (tertiary alicyclic amines) is 1. The highest BCUT2D eigenvalue weighted by molar-refractivity contribution is 6.30. The Labute approximate surface area is 202 Å². The molecule has 34 heavy (non-hydrogen) atoms. The van der Waals surface area contributed by atoms with Crippen LogP contribution >= 0.6 is 11.6 Å². The van der Waals surface area contributed by atoms with Crippen molar-refractivity contribution in [2.75, 3.05) is 19.7 Å². The molecule has 1 aromatic heterocycles. The first-order valence-electron chi connectivity index (χ1n) is 11.7. The number of carbonyl (C=O) groups is 3. The summed E-state index contributed by atoms with van der Waals surface area (Å²) < 4.78 is 6.25. The van der Waals surface area contributed by atoms with Crippen molar-refractivity contribution in [1.82, 2.24) is 20.1 Å². The van der Waals surface area contributed by atoms with Gasteiger partial charge in [0.05, 0.1) is 18.2 Å². The number of rotatable bonds is 3. The maximum absolute atomic E-state index is 13.1. The van der Waals surface area contributed by atoms with Crippen LogP contribution in [-0.4, -0.2) is 58.2 Å². The van der Waals surface area contributed by atoms with E-state index in [4.69, 9.17) is 16.3 Å². The van der Waals surface area contributed by atoms with Gasteiger partial charge in [-0.2, -0.15) is 0 Å². The number of hydrogen-bond donors (Lipinski definition) is 1. The molecule has 0 radical (unpaired) electrons. The van der Waals surface area contributed by atoms with Crippen molar-refractivity contribution < 1.29 is 19.1 Å². The number of benzene rings is 1. The fourth-order valence-electron chi connectivity index (χ4n) is 5.84. The molecule has 0 saturated carbocycles. The number of ether oxygens (including phenoxy) is 1. The largest absolute Gasteiger partial charge is 0.492 e. The van der Waals surface area contributed by atoms with Crippen LogP contribution in [0.2, 0.25) is 5.02 Å². The molecule has 1 atom stereocenters. The molecule has 0 aliphatic carbocycles. The summed E-state index contributed by atoms with van der Waals surface area (Å²) in [7, 11) is 0. The number of aromatic nitrogens is 1. The van der Waals surface area contributed by atoms with Gasteiger partial charge in [-0.15, -0.1) is 0 Å². The van der Waals surface area contributed by atoms with E-state index in [1.807, 2.05) is 24.4 Å². The lowest BCUT2D eigenvalue weighted by Gasteiger charge is -2.38. The number of nitrogens with one attached hydrogen (secondary N) is 1. The molecule has 1 unspecified atom stereocenters. The summed E-state index contributed by atoms with van der Waals surface area (Å²) in [5.41, 5.74) is 3.70. The lowest BCUT2D eigenvalue weighted by molar-refractivity contribution is -0.136. The van der Waals surface area contributed by atoms with E-state index in [0.29, 0.717) is 30.2 Å². The minimum Gasteiger partial charge on any atom is -0.492 e. The van der Waals surface area contributed by atoms with E-state index >= 15 is 0 Å². The van der Waals surface area contributed by atoms with Crippen LogP contribution in [0.4, 0.5) is 0 Å². The molecular weight excluding hydrogens is 456 g/mol. The van der Waals surface area contributed by atoms with Crippen LogP contribution in [-0.2, 0) is 28.1 Å². The third kappa shape index (κ3) is 3.47. The van der Waals surface area contributed by atoms with Crippen molar-refractivity contribution in [3.63, 3.8) is 0 Å². The molecule has 2 saturated heterocycles. The van der Waals surface area contributed by atoms with Gasteiger partial charge in [0.1, 0.15) is 11.8 Å². The molecular formula is C25H25ClN4O4. The summed E-state index contributed by atoms with van der Waals surface area (Å²) >= 11 is 6.09. The Morgan fingerprint density at radius 3 is 2.76 bits per heavy atom. The van der Waals surface area contributed by atoms with Gasteiger partial charge in [-0.25, -0.2) is 0 Å². The molecule has 6 rings (SSSR count). The van der Waals surface area contributed by atoms with Gasteiger partial charge in [-0.1, -0.05) is 17.7 Å². The third-order valence-corrected chi connectivity index (χ3v) is 7.92. The molecule has 2 aromatic rings. The fourth-order valence-corrected chi connectivity index (χ4v) is 6.03. The number of amides is 3. The summed E-state index contributed by atoms with van der Waals surface area (Å²) in [6.07, 6.45) is 6.05. The summed E-state index contributed by atoms with van der Waals surface area (Å²) in [6, 6.07) is 5.28. The first-order chi connectivity index (χ1) is 16.4. The van der Waals surface area contributed by atoms with Crippen molar-refractivity contribution in [3.05, 3.63) is 57.9 Å². The Morgan fingerprint density at radius 1 is 1.18 bits per heavy atom. The Balaban J connectivity index is 1.20. The van der Waals surface area contributed by atoms with Crippen LogP contribution in [0.15, 0.2) is 30.6 Å². The van der Waals surface area contributed by atoms with Crippen LogP contribution in [0.3, 0.4) is 0 Å². The zero-order valence-corrected chi connectivity index (χ0v) is 19.4. The lowest BCUT2D eigenvalue weighted by atomic mass is 9.74. The van der Waals surface area contributed by atoms with Gasteiger partial charge in [0.25, 0.3) is 5.91 Å². The normalized spacial score (nSPS) is 23.6. The van der Waals surface area contributed by atoms with Crippen molar-refractivity contribution in [2.45, 2.75) is 50.2 Å². The van der Waals surface area contributed by atoms with Crippen molar-refractivity contribution in [3.8, 4) is 5.75 Å². The number of halogens is 1. The van der Waals surface area contributed by atoms with Crippen LogP contribution in [0.25, 0.3) is 0 Å². The molecule has 2 fully saturated rings. The van der Waals surface area contributed by atoms with Crippen LogP contribution in [0.1, 0.15) is 52.7 Å². The predicted molar refractivity (Wildman–Crippen MR) is 123 cm³/mol. The Morgan fingerprint density at radius 2 is 2.00 bits per heavy atom. The monoisotopic (exact) mass is 480 g/mol. The zero-order valence-electron chi connectivity index (χ0n) is 18.7. The van der Waals surface area contributed by atoms with E-state index in [1.165, 1.54) is 5.56 Å². The molecule has 1 N–H and O–H groups in total. The van der Waals surface area contributed by atoms with Crippen LogP contribution in [0.5, 0.6) is 5.75 Å². The molecule has 4 aliphatic rings. The second-order valence-electron chi connectivity index (χ2n) is 9.72. The van der Waals surface area contributed by atoms with E-state index < -0.39 is 11.9 Å². The summed E-state index contributed by atoms with van der Waals surface area (Å²) in [5, 5.41) is 3.01. The zero-order chi connectivity index (χ0) is 23.4. The lowest BCUT2D eigenvalue weighted by Crippen LogP contribution is -2.52. The topological polar surface area (TPSA) is 91.8 Å². The molecule has 5 heterocycles. The average Bonchev–Trinajstić information content (AvgIpc) is 3.34. The first-order valence-corrected chi connectivity index (χ1v) is 12.1. The van der Waals surface area contributed by atoms with E-state index in [1.54, 1.807) is 11.1 Å². The second kappa shape index (κ2) is 8.06. The van der Waals surface area contributed by atoms with Gasteiger partial charge in [0, 0.05) is 47.5 Å². The highest BCUT2D eigenvalue weighted by atomic mass is 35.5. The number of hydrogen-bond acceptors (Lipinski definition) is 6. The van der Waals surface area contributed by atoms with Gasteiger partial charge < -0.3 is 9.64 Å². The summed E-state index contributed by atoms with van der Waals surface area (Å²) in [5.74, 6) is -0.0294. The summed E-state index contributed by atoms with van der Waals surface area (Å²) in [6.45, 7) is 3.64. The highest BCUT2D eigenvalue weighted by Crippen LogP contribution is 2.49. The maximum atomic E-state index is 13.1. The Hall–Kier alpha value is -2.97. The maximum Gasteiger partial charge on any atom is 0.255 e. The van der Waals surface area contributed by atoms with Crippen molar-refractivity contribution >= 4 is 29.3 Å². The highest BCUT2D eigenvalue weighted by Gasteiger charge is 2.47. The standard InChI is InChI=1S/C25H25ClN4O4/c26-16-9-15(10-27-11-16)12-29-7-5-25(6-8-29)14-34-22-18-13-30(20-3-4-21(31)28-23(20)32)24(33)17(18)1-2-19(22)25/h1-2,9-11,20H,3-8,12-14H2,(H,28,31,32). The molecule has 0 bridgehead atoms. The molecule has 8 nitrogen and oxygen atoms in total. The van der Waals surface area contributed by atoms with Gasteiger partial charge in [-0.05, 0) is 50.0 Å². The average molecular weight is 481 g/mol. The minimum absolute atomic E-state index is 0.0570. The first kappa shape index (κ1) is 21.6. The molecule has 3 amide bonds. The van der Waals surface area contributed by atoms with E-state index in [0.717, 1.165) is 49.4 Å². The van der Waals surface area contributed by atoms with Crippen molar-refractivity contribution in [1.29, 1.82) is 0 Å². The van der Waals surface area contributed by atoms with Gasteiger partial charge in [-0.3, -0.25) is 29.6 Å². The molecule has 1 aromatic carbocycles. The number of pyridine rings is 1. The number of fused-ring (bicyclic) bond motifs is 4. The van der Waals surface area contributed by atoms with Gasteiger partial charge in [0.15, 0.2) is 0 Å². The van der Waals surface area contributed by atoms with Gasteiger partial charge >= 0.3 is 0 Å². The number of piperidine rings is 2. The molecule has 4 aliphatic heterocycles. The van der Waals surface area contributed by atoms with E-state index in [2.05, 4.69) is 15.2 Å². The SMILES string of the molecule is O=C1CCC(N2Cc3c(ccc4c3OCC43CCN(Cc4cncc(Cl)c4)CC3)C2=O)C(=O)N1. The predicted octanol–water partition coefficient (Wildman–Crippen LogP) is 2.42. The van der Waals surface area contributed by atoms with Gasteiger partial charge in [0.2, 0.25) is 11.8 Å². The number of imide groups is 1. The van der Waals surface area contributed by atoms with Crippen molar-refractivity contribution in [2.24, 2.45) is 0 Å². The summed E-state index contributed by atoms with van der Waals surface area (Å²) in [4.78, 5) is 45.2. The second-order valence-corrected chi connectivity index (χ2v) is 10.2. The van der Waals surface area contributed by atoms with Crippen LogP contribution < -0.4 is 10.1 Å². The number of carbonyl (C=O) groups excluding carboxylic acids is 3. The van der Waals surface area contributed by atoms with E-state index in [-0.39, 0.29) is 23.7 Å². The molecule has 176 valence electrons. The Bertz CT molecular complexity index is 1210. The number of nitrogens with zero attached hydrogens (tertiary/aromatic N) is 3. The van der Waals surface area contributed by atoms with E-state index in [9.17, 15) is 14.4 Å². The minimum atomic E-state index is -0.618. The quantitative estimate of drug-likeness (QED) is 0.678. The third-order valence-electron chi connectivity index (χ3n) is 7.71. The molecule has 9 heteroatoms. The smallest absolute Gasteiger partial charge is 0.255 e. The van der Waals surface area contributed by atoms with Crippen LogP contribution in [0, 0.1) is 0 Å². The Kier molecular flexibility index (Phi) is 5.11. The fraction of sp³-hybridized carbons (Fsp3) is 0.440.